The molecule has 0 bridgehead atoms. The molecule has 0 saturated heterocycles. The van der Waals surface area contributed by atoms with Gasteiger partial charge in [-0.05, 0) is 19.3 Å². The molecule has 0 aromatic rings. The van der Waals surface area contributed by atoms with Gasteiger partial charge in [0.05, 0.1) is 7.11 Å². The van der Waals surface area contributed by atoms with Gasteiger partial charge >= 0.3 is 18.0 Å². The highest BCUT2D eigenvalue weighted by Gasteiger charge is 2.34. The highest BCUT2D eigenvalue weighted by Crippen LogP contribution is 2.19. The summed E-state index contributed by atoms with van der Waals surface area (Å²) in [4.78, 5) is 35.9. The van der Waals surface area contributed by atoms with Gasteiger partial charge in [-0.15, -0.1) is 0 Å². The lowest BCUT2D eigenvalue weighted by atomic mass is 9.87. The van der Waals surface area contributed by atoms with Crippen LogP contribution in [0.25, 0.3) is 0 Å². The number of nitrogens with one attached hydrogen (secondary N) is 1. The molecule has 0 heterocycles. The summed E-state index contributed by atoms with van der Waals surface area (Å²) in [5.74, 6) is -1.68. The lowest BCUT2D eigenvalue weighted by Crippen LogP contribution is -2.55. The number of amides is 2. The molecule has 0 spiro atoms. The Kier molecular flexibility index (Phi) is 6.48. The Hall–Kier alpha value is -1.79. The van der Waals surface area contributed by atoms with Crippen LogP contribution in [0.2, 0.25) is 0 Å². The van der Waals surface area contributed by atoms with E-state index in [1.54, 1.807) is 34.6 Å². The van der Waals surface area contributed by atoms with Crippen LogP contribution in [0, 0.1) is 5.41 Å². The predicted molar refractivity (Wildman–Crippen MR) is 73.3 cm³/mol. The third-order valence-corrected chi connectivity index (χ3v) is 2.79. The number of carboxylic acid groups (broad SMARTS) is 1. The summed E-state index contributed by atoms with van der Waals surface area (Å²) in [6.07, 6.45) is 0. The van der Waals surface area contributed by atoms with Crippen LogP contribution in [0.3, 0.4) is 0 Å². The van der Waals surface area contributed by atoms with E-state index in [-0.39, 0.29) is 12.6 Å². The van der Waals surface area contributed by atoms with Crippen LogP contribution in [0.4, 0.5) is 4.79 Å². The molecule has 0 fully saturated rings. The fraction of sp³-hybridized carbons (Fsp3) is 0.769. The maximum absolute atomic E-state index is 12.1. The van der Waals surface area contributed by atoms with Crippen LogP contribution in [0.5, 0.6) is 0 Å². The molecule has 116 valence electrons. The van der Waals surface area contributed by atoms with Gasteiger partial charge in [-0.2, -0.15) is 0 Å². The van der Waals surface area contributed by atoms with E-state index in [1.807, 2.05) is 0 Å². The second-order valence-corrected chi connectivity index (χ2v) is 5.88. The molecule has 0 saturated carbocycles. The first kappa shape index (κ1) is 18.2. The molecular formula is C13H24N2O5. The van der Waals surface area contributed by atoms with Gasteiger partial charge in [-0.1, -0.05) is 20.8 Å². The Morgan fingerprint density at radius 3 is 2.05 bits per heavy atom. The topological polar surface area (TPSA) is 95.9 Å². The zero-order valence-corrected chi connectivity index (χ0v) is 12.9. The van der Waals surface area contributed by atoms with E-state index in [1.165, 1.54) is 12.0 Å². The minimum Gasteiger partial charge on any atom is -0.480 e. The first-order chi connectivity index (χ1) is 9.00. The first-order valence-electron chi connectivity index (χ1n) is 6.37. The van der Waals surface area contributed by atoms with Gasteiger partial charge in [0.15, 0.2) is 0 Å². The standard InChI is InChI=1S/C13H24N2O5/c1-8(2)15(7-9(16)20-6)12(19)14-10(11(17)18)13(3,4)5/h8,10H,7H2,1-6H3,(H,14,19)(H,17,18)/t10-/m0/s1. The molecule has 0 aromatic carbocycles. The van der Waals surface area contributed by atoms with Gasteiger partial charge in [0.25, 0.3) is 0 Å². The fourth-order valence-corrected chi connectivity index (χ4v) is 1.55. The molecule has 0 aromatic heterocycles. The highest BCUT2D eigenvalue weighted by molar-refractivity contribution is 5.85. The van der Waals surface area contributed by atoms with Crippen molar-refractivity contribution in [1.82, 2.24) is 10.2 Å². The van der Waals surface area contributed by atoms with Crippen molar-refractivity contribution in [2.45, 2.75) is 46.7 Å². The van der Waals surface area contributed by atoms with Crippen LogP contribution in [-0.4, -0.2) is 53.7 Å². The Labute approximate surface area is 119 Å². The van der Waals surface area contributed by atoms with E-state index >= 15 is 0 Å². The average Bonchev–Trinajstić information content (AvgIpc) is 2.29. The van der Waals surface area contributed by atoms with Crippen LogP contribution >= 0.6 is 0 Å². The van der Waals surface area contributed by atoms with Gasteiger partial charge in [0.2, 0.25) is 0 Å². The number of hydrogen-bond acceptors (Lipinski definition) is 4. The Morgan fingerprint density at radius 2 is 1.75 bits per heavy atom. The second kappa shape index (κ2) is 7.12. The number of urea groups is 1. The zero-order chi connectivity index (χ0) is 16.1. The molecule has 7 nitrogen and oxygen atoms in total. The van der Waals surface area contributed by atoms with Crippen molar-refractivity contribution in [2.75, 3.05) is 13.7 Å². The minimum absolute atomic E-state index is 0.226. The summed E-state index contributed by atoms with van der Waals surface area (Å²) >= 11 is 0. The molecule has 7 heteroatoms. The molecule has 0 aliphatic carbocycles. The van der Waals surface area contributed by atoms with Gasteiger partial charge < -0.3 is 20.1 Å². The second-order valence-electron chi connectivity index (χ2n) is 5.88. The number of carboxylic acids is 1. The van der Waals surface area contributed by atoms with Crippen molar-refractivity contribution in [3.8, 4) is 0 Å². The molecule has 1 atom stereocenters. The highest BCUT2D eigenvalue weighted by atomic mass is 16.5. The van der Waals surface area contributed by atoms with E-state index in [0.717, 1.165) is 0 Å². The monoisotopic (exact) mass is 288 g/mol. The van der Waals surface area contributed by atoms with Gasteiger partial charge in [0, 0.05) is 6.04 Å². The number of nitrogens with zero attached hydrogens (tertiary/aromatic N) is 1. The Morgan fingerprint density at radius 1 is 1.25 bits per heavy atom. The summed E-state index contributed by atoms with van der Waals surface area (Å²) in [6.45, 7) is 8.38. The molecule has 0 rings (SSSR count). The summed E-state index contributed by atoms with van der Waals surface area (Å²) in [5, 5.41) is 11.6. The summed E-state index contributed by atoms with van der Waals surface area (Å²) in [6, 6.07) is -1.91. The van der Waals surface area contributed by atoms with E-state index in [0.29, 0.717) is 0 Å². The number of carbonyl (C=O) groups excluding carboxylic acids is 2. The number of hydrogen-bond donors (Lipinski definition) is 2. The maximum Gasteiger partial charge on any atom is 0.326 e. The number of aliphatic carboxylic acids is 1. The number of rotatable bonds is 5. The third-order valence-electron chi connectivity index (χ3n) is 2.79. The van der Waals surface area contributed by atoms with E-state index in [9.17, 15) is 19.5 Å². The van der Waals surface area contributed by atoms with Crippen molar-refractivity contribution >= 4 is 18.0 Å². The summed E-state index contributed by atoms with van der Waals surface area (Å²) in [7, 11) is 1.23. The largest absolute Gasteiger partial charge is 0.480 e. The van der Waals surface area contributed by atoms with Crippen molar-refractivity contribution in [2.24, 2.45) is 5.41 Å². The fourth-order valence-electron chi connectivity index (χ4n) is 1.55. The normalized spacial score (nSPS) is 12.8. The molecule has 20 heavy (non-hydrogen) atoms. The number of ether oxygens (including phenoxy) is 1. The van der Waals surface area contributed by atoms with Crippen LogP contribution < -0.4 is 5.32 Å². The van der Waals surface area contributed by atoms with Crippen LogP contribution in [0.1, 0.15) is 34.6 Å². The van der Waals surface area contributed by atoms with Crippen LogP contribution in [-0.2, 0) is 14.3 Å². The summed E-state index contributed by atoms with van der Waals surface area (Å²) < 4.78 is 4.52. The zero-order valence-electron chi connectivity index (χ0n) is 12.9. The molecule has 0 radical (unpaired) electrons. The summed E-state index contributed by atoms with van der Waals surface area (Å²) in [5.41, 5.74) is -0.643. The first-order valence-corrected chi connectivity index (χ1v) is 6.37. The average molecular weight is 288 g/mol. The SMILES string of the molecule is COC(=O)CN(C(=O)N[C@@H](C(=O)O)C(C)(C)C)C(C)C. The quantitative estimate of drug-likeness (QED) is 0.738. The van der Waals surface area contributed by atoms with Crippen molar-refractivity contribution in [1.29, 1.82) is 0 Å². The van der Waals surface area contributed by atoms with Crippen LogP contribution in [0.15, 0.2) is 0 Å². The molecule has 0 unspecified atom stereocenters. The molecule has 0 aliphatic rings. The number of esters is 1. The van der Waals surface area contributed by atoms with E-state index in [2.05, 4.69) is 10.1 Å². The lowest BCUT2D eigenvalue weighted by Gasteiger charge is -2.32. The molecule has 0 aliphatic heterocycles. The van der Waals surface area contributed by atoms with Crippen molar-refractivity contribution < 1.29 is 24.2 Å². The lowest BCUT2D eigenvalue weighted by molar-refractivity contribution is -0.142. The molecule has 2 amide bonds. The maximum atomic E-state index is 12.1. The molecule has 2 N–H and O–H groups in total. The van der Waals surface area contributed by atoms with Gasteiger partial charge in [0.1, 0.15) is 12.6 Å². The number of carbonyl (C=O) groups is 3. The van der Waals surface area contributed by atoms with E-state index in [4.69, 9.17) is 0 Å². The van der Waals surface area contributed by atoms with Gasteiger partial charge in [-0.25, -0.2) is 9.59 Å². The van der Waals surface area contributed by atoms with Crippen molar-refractivity contribution in [3.05, 3.63) is 0 Å². The molecular weight excluding hydrogens is 264 g/mol. The third kappa shape index (κ3) is 5.46. The Balaban J connectivity index is 4.99. The minimum atomic E-state index is -1.12. The van der Waals surface area contributed by atoms with Crippen molar-refractivity contribution in [3.63, 3.8) is 0 Å². The van der Waals surface area contributed by atoms with Gasteiger partial charge in [-0.3, -0.25) is 4.79 Å². The number of methoxy groups -OCH3 is 1. The van der Waals surface area contributed by atoms with E-state index < -0.39 is 29.4 Å². The smallest absolute Gasteiger partial charge is 0.326 e. The Bertz CT molecular complexity index is 373. The predicted octanol–water partition coefficient (Wildman–Crippen LogP) is 1.08.